The number of hydrogen-bond acceptors (Lipinski definition) is 3. The quantitative estimate of drug-likeness (QED) is 0.874. The molecule has 1 fully saturated rings. The summed E-state index contributed by atoms with van der Waals surface area (Å²) in [6, 6.07) is 7.02. The standard InChI is InChI=1S/C18H23NO4/c1-3-11(2)15(17(21)22)19-16(20)13-10-18(13)8-9-23-14-7-5-4-6-12(14)18/h4-7,11,13,15H,3,8-10H2,1-2H3,(H,19,20)(H,21,22)/t11-,13-,15-,18-/m0/s1. The molecule has 124 valence electrons. The lowest BCUT2D eigenvalue weighted by atomic mass is 9.87. The highest BCUT2D eigenvalue weighted by Crippen LogP contribution is 2.60. The molecule has 0 radical (unpaired) electrons. The van der Waals surface area contributed by atoms with E-state index in [1.807, 2.05) is 38.1 Å². The summed E-state index contributed by atoms with van der Waals surface area (Å²) in [4.78, 5) is 24.0. The molecule has 1 aromatic rings. The number of benzene rings is 1. The molecule has 1 aliphatic carbocycles. The van der Waals surface area contributed by atoms with E-state index < -0.39 is 12.0 Å². The molecule has 0 aromatic heterocycles. The second kappa shape index (κ2) is 5.87. The van der Waals surface area contributed by atoms with Crippen LogP contribution in [0.3, 0.4) is 0 Å². The first kappa shape index (κ1) is 15.8. The van der Waals surface area contributed by atoms with Crippen LogP contribution in [0.5, 0.6) is 5.75 Å². The molecule has 1 aromatic carbocycles. The molecule has 2 N–H and O–H groups in total. The van der Waals surface area contributed by atoms with Gasteiger partial charge >= 0.3 is 5.97 Å². The summed E-state index contributed by atoms with van der Waals surface area (Å²) >= 11 is 0. The first-order valence-electron chi connectivity index (χ1n) is 8.25. The van der Waals surface area contributed by atoms with Gasteiger partial charge in [-0.1, -0.05) is 38.5 Å². The average Bonchev–Trinajstić information content (AvgIpc) is 3.27. The molecule has 1 amide bonds. The average molecular weight is 317 g/mol. The summed E-state index contributed by atoms with van der Waals surface area (Å²) in [5.41, 5.74) is 0.916. The summed E-state index contributed by atoms with van der Waals surface area (Å²) in [5, 5.41) is 12.1. The molecular weight excluding hydrogens is 294 g/mol. The van der Waals surface area contributed by atoms with Gasteiger partial charge in [0.05, 0.1) is 6.61 Å². The normalized spacial score (nSPS) is 27.5. The SMILES string of the molecule is CC[C@H](C)[C@H](NC(=O)[C@@H]1C[C@]12CCOc1ccccc12)C(=O)O. The molecule has 1 spiro atoms. The van der Waals surface area contributed by atoms with Crippen LogP contribution in [-0.4, -0.2) is 29.6 Å². The Bertz CT molecular complexity index is 629. The van der Waals surface area contributed by atoms with Gasteiger partial charge in [0, 0.05) is 16.9 Å². The Hall–Kier alpha value is -2.04. The molecule has 0 bridgehead atoms. The van der Waals surface area contributed by atoms with Crippen molar-refractivity contribution >= 4 is 11.9 Å². The van der Waals surface area contributed by atoms with E-state index in [1.165, 1.54) is 0 Å². The molecule has 4 atom stereocenters. The van der Waals surface area contributed by atoms with Gasteiger partial charge in [0.2, 0.25) is 5.91 Å². The number of nitrogens with one attached hydrogen (secondary N) is 1. The number of carboxylic acids is 1. The number of amides is 1. The topological polar surface area (TPSA) is 75.6 Å². The molecule has 1 saturated carbocycles. The third-order valence-electron chi connectivity index (χ3n) is 5.40. The van der Waals surface area contributed by atoms with Crippen LogP contribution in [-0.2, 0) is 15.0 Å². The fourth-order valence-corrected chi connectivity index (χ4v) is 3.64. The summed E-state index contributed by atoms with van der Waals surface area (Å²) in [7, 11) is 0. The lowest BCUT2D eigenvalue weighted by Crippen LogP contribution is -2.46. The molecule has 0 saturated heterocycles. The van der Waals surface area contributed by atoms with Crippen molar-refractivity contribution in [1.82, 2.24) is 5.32 Å². The van der Waals surface area contributed by atoms with E-state index in [0.717, 1.165) is 24.2 Å². The van der Waals surface area contributed by atoms with E-state index in [0.29, 0.717) is 13.0 Å². The molecule has 2 aliphatic rings. The molecule has 3 rings (SSSR count). The molecule has 5 nitrogen and oxygen atoms in total. The number of ether oxygens (including phenoxy) is 1. The number of fused-ring (bicyclic) bond motifs is 2. The predicted octanol–water partition coefficient (Wildman–Crippen LogP) is 2.34. The van der Waals surface area contributed by atoms with Crippen LogP contribution < -0.4 is 10.1 Å². The van der Waals surface area contributed by atoms with E-state index in [4.69, 9.17) is 4.74 Å². The van der Waals surface area contributed by atoms with Crippen molar-refractivity contribution in [2.45, 2.75) is 44.6 Å². The summed E-state index contributed by atoms with van der Waals surface area (Å²) in [6.45, 7) is 4.39. The fourth-order valence-electron chi connectivity index (χ4n) is 3.64. The Morgan fingerprint density at radius 3 is 2.87 bits per heavy atom. The van der Waals surface area contributed by atoms with E-state index in [1.54, 1.807) is 0 Å². The van der Waals surface area contributed by atoms with Crippen LogP contribution in [0.1, 0.15) is 38.7 Å². The van der Waals surface area contributed by atoms with Crippen LogP contribution in [0.15, 0.2) is 24.3 Å². The Balaban J connectivity index is 1.76. The number of aliphatic carboxylic acids is 1. The number of carbonyl (C=O) groups excluding carboxylic acids is 1. The number of carboxylic acid groups (broad SMARTS) is 1. The van der Waals surface area contributed by atoms with Crippen LogP contribution >= 0.6 is 0 Å². The zero-order valence-electron chi connectivity index (χ0n) is 13.5. The van der Waals surface area contributed by atoms with Crippen LogP contribution in [0.2, 0.25) is 0 Å². The molecule has 1 heterocycles. The van der Waals surface area contributed by atoms with E-state index >= 15 is 0 Å². The van der Waals surface area contributed by atoms with Crippen LogP contribution in [0.4, 0.5) is 0 Å². The number of hydrogen-bond donors (Lipinski definition) is 2. The van der Waals surface area contributed by atoms with Gasteiger partial charge in [0.1, 0.15) is 11.8 Å². The zero-order valence-corrected chi connectivity index (χ0v) is 13.5. The minimum absolute atomic E-state index is 0.0897. The maximum atomic E-state index is 12.6. The highest BCUT2D eigenvalue weighted by molar-refractivity contribution is 5.89. The van der Waals surface area contributed by atoms with Gasteiger partial charge in [-0.05, 0) is 24.8 Å². The van der Waals surface area contributed by atoms with Crippen molar-refractivity contribution in [2.75, 3.05) is 6.61 Å². The second-order valence-corrected chi connectivity index (χ2v) is 6.72. The van der Waals surface area contributed by atoms with E-state index in [9.17, 15) is 14.7 Å². The van der Waals surface area contributed by atoms with E-state index in [-0.39, 0.29) is 23.2 Å². The Morgan fingerprint density at radius 2 is 2.17 bits per heavy atom. The second-order valence-electron chi connectivity index (χ2n) is 6.72. The van der Waals surface area contributed by atoms with Gasteiger partial charge in [-0.15, -0.1) is 0 Å². The first-order chi connectivity index (χ1) is 11.0. The molecular formula is C18H23NO4. The van der Waals surface area contributed by atoms with Crippen molar-refractivity contribution in [3.63, 3.8) is 0 Å². The van der Waals surface area contributed by atoms with E-state index in [2.05, 4.69) is 5.32 Å². The van der Waals surface area contributed by atoms with Crippen LogP contribution in [0.25, 0.3) is 0 Å². The van der Waals surface area contributed by atoms with Crippen molar-refractivity contribution in [1.29, 1.82) is 0 Å². The van der Waals surface area contributed by atoms with Crippen LogP contribution in [0, 0.1) is 11.8 Å². The van der Waals surface area contributed by atoms with Gasteiger partial charge in [-0.25, -0.2) is 4.79 Å². The maximum Gasteiger partial charge on any atom is 0.326 e. The largest absolute Gasteiger partial charge is 0.493 e. The third-order valence-corrected chi connectivity index (χ3v) is 5.40. The summed E-state index contributed by atoms with van der Waals surface area (Å²) in [5.74, 6) is -0.499. The van der Waals surface area contributed by atoms with Gasteiger partial charge in [-0.2, -0.15) is 0 Å². The number of para-hydroxylation sites is 1. The number of carbonyl (C=O) groups is 2. The highest BCUT2D eigenvalue weighted by atomic mass is 16.5. The minimum Gasteiger partial charge on any atom is -0.493 e. The smallest absolute Gasteiger partial charge is 0.326 e. The Kier molecular flexibility index (Phi) is 4.04. The number of rotatable bonds is 5. The fraction of sp³-hybridized carbons (Fsp3) is 0.556. The minimum atomic E-state index is -0.963. The predicted molar refractivity (Wildman–Crippen MR) is 85.4 cm³/mol. The van der Waals surface area contributed by atoms with Crippen molar-refractivity contribution < 1.29 is 19.4 Å². The highest BCUT2D eigenvalue weighted by Gasteiger charge is 2.61. The third kappa shape index (κ3) is 2.69. The zero-order chi connectivity index (χ0) is 16.6. The van der Waals surface area contributed by atoms with Crippen molar-refractivity contribution in [3.8, 4) is 5.75 Å². The van der Waals surface area contributed by atoms with Gasteiger partial charge < -0.3 is 15.2 Å². The molecule has 0 unspecified atom stereocenters. The molecule has 1 aliphatic heterocycles. The Labute approximate surface area is 136 Å². The lowest BCUT2D eigenvalue weighted by Gasteiger charge is -2.27. The summed E-state index contributed by atoms with van der Waals surface area (Å²) in [6.07, 6.45) is 2.29. The van der Waals surface area contributed by atoms with Gasteiger partial charge in [-0.3, -0.25) is 4.79 Å². The van der Waals surface area contributed by atoms with Gasteiger partial charge in [0.25, 0.3) is 0 Å². The maximum absolute atomic E-state index is 12.6. The Morgan fingerprint density at radius 1 is 1.43 bits per heavy atom. The monoisotopic (exact) mass is 317 g/mol. The summed E-state index contributed by atoms with van der Waals surface area (Å²) < 4.78 is 5.68. The van der Waals surface area contributed by atoms with Crippen molar-refractivity contribution in [2.24, 2.45) is 11.8 Å². The molecule has 5 heteroatoms. The van der Waals surface area contributed by atoms with Gasteiger partial charge in [0.15, 0.2) is 0 Å². The molecule has 23 heavy (non-hydrogen) atoms. The lowest BCUT2D eigenvalue weighted by molar-refractivity contribution is -0.143. The first-order valence-corrected chi connectivity index (χ1v) is 8.25. The van der Waals surface area contributed by atoms with Crippen molar-refractivity contribution in [3.05, 3.63) is 29.8 Å².